The molecule has 1 aromatic rings. The molecular formula is C13H24N4O2S. The van der Waals surface area contributed by atoms with Crippen LogP contribution in [0.1, 0.15) is 19.4 Å². The number of pyridine rings is 1. The molecule has 7 heteroatoms. The highest BCUT2D eigenvalue weighted by Gasteiger charge is 2.08. The van der Waals surface area contributed by atoms with Crippen LogP contribution < -0.4 is 15.4 Å². The van der Waals surface area contributed by atoms with Crippen molar-refractivity contribution in [3.8, 4) is 0 Å². The minimum atomic E-state index is -3.11. The molecule has 1 aromatic heterocycles. The van der Waals surface area contributed by atoms with Gasteiger partial charge in [0.25, 0.3) is 0 Å². The molecule has 0 aliphatic rings. The Morgan fingerprint density at radius 3 is 2.75 bits per heavy atom. The van der Waals surface area contributed by atoms with Gasteiger partial charge in [0.15, 0.2) is 0 Å². The number of hydrogen-bond donors (Lipinski definition) is 3. The van der Waals surface area contributed by atoms with Gasteiger partial charge in [-0.15, -0.1) is 0 Å². The zero-order valence-corrected chi connectivity index (χ0v) is 13.1. The Balaban J connectivity index is 2.20. The van der Waals surface area contributed by atoms with Gasteiger partial charge in [0, 0.05) is 43.8 Å². The van der Waals surface area contributed by atoms with Crippen molar-refractivity contribution >= 4 is 15.7 Å². The molecule has 0 spiro atoms. The van der Waals surface area contributed by atoms with Crippen molar-refractivity contribution in [3.63, 3.8) is 0 Å². The smallest absolute Gasteiger partial charge is 0.211 e. The highest BCUT2D eigenvalue weighted by atomic mass is 32.2. The lowest BCUT2D eigenvalue weighted by molar-refractivity contribution is 0.533. The van der Waals surface area contributed by atoms with Crippen LogP contribution in [0.2, 0.25) is 0 Å². The molecule has 0 aliphatic heterocycles. The summed E-state index contributed by atoms with van der Waals surface area (Å²) in [7, 11) is -3.11. The molecule has 114 valence electrons. The second-order valence-corrected chi connectivity index (χ2v) is 6.82. The Morgan fingerprint density at radius 2 is 2.10 bits per heavy atom. The summed E-state index contributed by atoms with van der Waals surface area (Å²) in [5.74, 6) is 0.114. The molecule has 1 atom stereocenters. The molecular weight excluding hydrogens is 276 g/mol. The van der Waals surface area contributed by atoms with Gasteiger partial charge in [0.05, 0.1) is 5.75 Å². The predicted octanol–water partition coefficient (Wildman–Crippen LogP) is 0.719. The summed E-state index contributed by atoms with van der Waals surface area (Å²) < 4.78 is 25.2. The summed E-state index contributed by atoms with van der Waals surface area (Å²) in [6, 6.07) is 2.03. The van der Waals surface area contributed by atoms with Crippen LogP contribution >= 0.6 is 0 Å². The van der Waals surface area contributed by atoms with E-state index in [-0.39, 0.29) is 11.8 Å². The van der Waals surface area contributed by atoms with Gasteiger partial charge in [-0.05, 0) is 32.4 Å². The van der Waals surface area contributed by atoms with Crippen molar-refractivity contribution in [2.45, 2.75) is 26.8 Å². The number of rotatable bonds is 9. The van der Waals surface area contributed by atoms with E-state index in [1.807, 2.05) is 26.1 Å². The van der Waals surface area contributed by atoms with Crippen molar-refractivity contribution in [1.29, 1.82) is 0 Å². The summed E-state index contributed by atoms with van der Waals surface area (Å²) in [4.78, 5) is 4.04. The first kappa shape index (κ1) is 16.9. The van der Waals surface area contributed by atoms with Gasteiger partial charge in [-0.1, -0.05) is 0 Å². The van der Waals surface area contributed by atoms with E-state index in [0.717, 1.165) is 24.3 Å². The van der Waals surface area contributed by atoms with E-state index in [2.05, 4.69) is 20.3 Å². The van der Waals surface area contributed by atoms with Crippen LogP contribution in [0.4, 0.5) is 5.69 Å². The largest absolute Gasteiger partial charge is 0.383 e. The van der Waals surface area contributed by atoms with E-state index in [9.17, 15) is 8.42 Å². The van der Waals surface area contributed by atoms with Gasteiger partial charge in [-0.25, -0.2) is 13.1 Å². The molecule has 1 unspecified atom stereocenters. The van der Waals surface area contributed by atoms with Crippen molar-refractivity contribution < 1.29 is 8.42 Å². The Morgan fingerprint density at radius 1 is 1.35 bits per heavy atom. The molecule has 3 N–H and O–H groups in total. The van der Waals surface area contributed by atoms with Crippen LogP contribution in [0.15, 0.2) is 18.5 Å². The van der Waals surface area contributed by atoms with Crippen molar-refractivity contribution in [2.24, 2.45) is 0 Å². The average molecular weight is 300 g/mol. The Labute approximate surface area is 121 Å². The maximum Gasteiger partial charge on any atom is 0.211 e. The van der Waals surface area contributed by atoms with Crippen LogP contribution in [-0.4, -0.2) is 44.8 Å². The van der Waals surface area contributed by atoms with Gasteiger partial charge < -0.3 is 10.6 Å². The van der Waals surface area contributed by atoms with Crippen LogP contribution in [0.5, 0.6) is 0 Å². The molecule has 0 bridgehead atoms. The lowest BCUT2D eigenvalue weighted by atomic mass is 10.2. The van der Waals surface area contributed by atoms with E-state index in [0.29, 0.717) is 6.54 Å². The monoisotopic (exact) mass is 300 g/mol. The second kappa shape index (κ2) is 8.18. The summed E-state index contributed by atoms with van der Waals surface area (Å²) in [5.41, 5.74) is 2.18. The average Bonchev–Trinajstić information content (AvgIpc) is 2.43. The minimum absolute atomic E-state index is 0.0941. The first-order chi connectivity index (χ1) is 9.44. The number of aromatic nitrogens is 1. The first-order valence-corrected chi connectivity index (χ1v) is 8.45. The van der Waals surface area contributed by atoms with Crippen LogP contribution in [0.3, 0.4) is 0 Å². The fourth-order valence-corrected chi connectivity index (χ4v) is 2.32. The lowest BCUT2D eigenvalue weighted by Crippen LogP contribution is -2.41. The van der Waals surface area contributed by atoms with E-state index >= 15 is 0 Å². The number of nitrogens with one attached hydrogen (secondary N) is 3. The molecule has 1 rings (SSSR count). The molecule has 0 saturated heterocycles. The summed E-state index contributed by atoms with van der Waals surface area (Å²) in [6.45, 7) is 7.53. The second-order valence-electron chi connectivity index (χ2n) is 4.72. The molecule has 0 aromatic carbocycles. The van der Waals surface area contributed by atoms with Crippen LogP contribution in [-0.2, 0) is 10.0 Å². The molecule has 20 heavy (non-hydrogen) atoms. The van der Waals surface area contributed by atoms with E-state index < -0.39 is 10.0 Å². The van der Waals surface area contributed by atoms with Crippen LogP contribution in [0, 0.1) is 6.92 Å². The number of anilines is 1. The number of hydrogen-bond acceptors (Lipinski definition) is 5. The van der Waals surface area contributed by atoms with Crippen molar-refractivity contribution in [2.75, 3.05) is 30.7 Å². The third-order valence-corrected chi connectivity index (χ3v) is 4.31. The Bertz CT molecular complexity index is 505. The number of aryl methyl sites for hydroxylation is 1. The summed E-state index contributed by atoms with van der Waals surface area (Å²) in [6.07, 6.45) is 3.57. The molecule has 0 amide bonds. The summed E-state index contributed by atoms with van der Waals surface area (Å²) >= 11 is 0. The maximum atomic E-state index is 11.3. The van der Waals surface area contributed by atoms with Gasteiger partial charge in [-0.3, -0.25) is 4.98 Å². The molecule has 0 aliphatic carbocycles. The third kappa shape index (κ3) is 6.31. The maximum absolute atomic E-state index is 11.3. The van der Waals surface area contributed by atoms with Gasteiger partial charge in [0.2, 0.25) is 10.0 Å². The van der Waals surface area contributed by atoms with Gasteiger partial charge >= 0.3 is 0 Å². The Kier molecular flexibility index (Phi) is 6.90. The van der Waals surface area contributed by atoms with Crippen molar-refractivity contribution in [1.82, 2.24) is 15.0 Å². The quantitative estimate of drug-likeness (QED) is 0.585. The van der Waals surface area contributed by atoms with E-state index in [1.54, 1.807) is 13.1 Å². The zero-order valence-electron chi connectivity index (χ0n) is 12.3. The van der Waals surface area contributed by atoms with Crippen molar-refractivity contribution in [3.05, 3.63) is 24.0 Å². The molecule has 0 fully saturated rings. The van der Waals surface area contributed by atoms with E-state index in [4.69, 9.17) is 0 Å². The highest BCUT2D eigenvalue weighted by molar-refractivity contribution is 7.89. The predicted molar refractivity (Wildman–Crippen MR) is 82.4 cm³/mol. The SMILES string of the molecule is CCS(=O)(=O)NCC(C)NCCNc1ccncc1C. The normalized spacial score (nSPS) is 13.2. The molecule has 1 heterocycles. The highest BCUT2D eigenvalue weighted by Crippen LogP contribution is 2.10. The fourth-order valence-electron chi connectivity index (χ4n) is 1.61. The van der Waals surface area contributed by atoms with Gasteiger partial charge in [0.1, 0.15) is 0 Å². The minimum Gasteiger partial charge on any atom is -0.383 e. The molecule has 6 nitrogen and oxygen atoms in total. The fraction of sp³-hybridized carbons (Fsp3) is 0.615. The molecule has 0 radical (unpaired) electrons. The standard InChI is InChI=1S/C13H24N4O2S/c1-4-20(18,19)17-10-12(3)15-7-8-16-13-5-6-14-9-11(13)2/h5-6,9,12,15,17H,4,7-8,10H2,1-3H3,(H,14,16). The number of nitrogens with zero attached hydrogens (tertiary/aromatic N) is 1. The Hall–Kier alpha value is -1.18. The summed E-state index contributed by atoms with van der Waals surface area (Å²) in [5, 5.41) is 6.57. The number of sulfonamides is 1. The van der Waals surface area contributed by atoms with Crippen LogP contribution in [0.25, 0.3) is 0 Å². The zero-order chi connectivity index (χ0) is 15.0. The van der Waals surface area contributed by atoms with Gasteiger partial charge in [-0.2, -0.15) is 0 Å². The third-order valence-electron chi connectivity index (χ3n) is 2.94. The molecule has 0 saturated carbocycles. The topological polar surface area (TPSA) is 83.1 Å². The first-order valence-electron chi connectivity index (χ1n) is 6.80. The lowest BCUT2D eigenvalue weighted by Gasteiger charge is -2.15. The van der Waals surface area contributed by atoms with E-state index in [1.165, 1.54) is 0 Å².